The Morgan fingerprint density at radius 1 is 1.24 bits per heavy atom. The van der Waals surface area contributed by atoms with E-state index in [1.54, 1.807) is 12.4 Å². The van der Waals surface area contributed by atoms with E-state index in [0.717, 1.165) is 21.2 Å². The van der Waals surface area contributed by atoms with Gasteiger partial charge in [0.05, 0.1) is 0 Å². The Kier molecular flexibility index (Phi) is 3.69. The number of rotatable bonds is 3. The quantitative estimate of drug-likeness (QED) is 0.809. The van der Waals surface area contributed by atoms with Crippen LogP contribution in [-0.2, 0) is 6.42 Å². The first kappa shape index (κ1) is 12.0. The zero-order valence-electron chi connectivity index (χ0n) is 9.48. The lowest BCUT2D eigenvalue weighted by atomic mass is 10.0. The van der Waals surface area contributed by atoms with Crippen molar-refractivity contribution in [3.8, 4) is 0 Å². The largest absolute Gasteiger partial charge is 0.294 e. The molecule has 0 atom stereocenters. The van der Waals surface area contributed by atoms with Gasteiger partial charge in [0.15, 0.2) is 5.78 Å². The SMILES string of the molecule is Cc1cccc(C(=O)Cc2ccncc2)c1Br. The molecular formula is C14H12BrNO. The molecule has 0 radical (unpaired) electrons. The Hall–Kier alpha value is -1.48. The fourth-order valence-corrected chi connectivity index (χ4v) is 2.13. The van der Waals surface area contributed by atoms with Gasteiger partial charge in [-0.2, -0.15) is 0 Å². The van der Waals surface area contributed by atoms with E-state index < -0.39 is 0 Å². The van der Waals surface area contributed by atoms with Crippen molar-refractivity contribution < 1.29 is 4.79 Å². The lowest BCUT2D eigenvalue weighted by Gasteiger charge is -2.06. The molecule has 17 heavy (non-hydrogen) atoms. The van der Waals surface area contributed by atoms with Crippen LogP contribution in [0.15, 0.2) is 47.2 Å². The van der Waals surface area contributed by atoms with Crippen LogP contribution in [0.1, 0.15) is 21.5 Å². The number of ketones is 1. The first-order valence-corrected chi connectivity index (χ1v) is 6.15. The van der Waals surface area contributed by atoms with Gasteiger partial charge in [-0.1, -0.05) is 18.2 Å². The van der Waals surface area contributed by atoms with Crippen LogP contribution in [0, 0.1) is 6.92 Å². The summed E-state index contributed by atoms with van der Waals surface area (Å²) in [6.45, 7) is 1.98. The van der Waals surface area contributed by atoms with Crippen LogP contribution in [0.3, 0.4) is 0 Å². The van der Waals surface area contributed by atoms with E-state index in [1.165, 1.54) is 0 Å². The standard InChI is InChI=1S/C14H12BrNO/c1-10-3-2-4-12(14(10)15)13(17)9-11-5-7-16-8-6-11/h2-8H,9H2,1H3. The molecule has 0 fully saturated rings. The predicted molar refractivity (Wildman–Crippen MR) is 71.2 cm³/mol. The average Bonchev–Trinajstić information content (AvgIpc) is 2.34. The number of nitrogens with zero attached hydrogens (tertiary/aromatic N) is 1. The van der Waals surface area contributed by atoms with E-state index in [9.17, 15) is 4.79 Å². The van der Waals surface area contributed by atoms with E-state index >= 15 is 0 Å². The summed E-state index contributed by atoms with van der Waals surface area (Å²) in [5, 5.41) is 0. The van der Waals surface area contributed by atoms with Gasteiger partial charge in [-0.15, -0.1) is 0 Å². The van der Waals surface area contributed by atoms with Crippen molar-refractivity contribution in [2.24, 2.45) is 0 Å². The van der Waals surface area contributed by atoms with Gasteiger partial charge in [0.1, 0.15) is 0 Å². The molecular weight excluding hydrogens is 278 g/mol. The van der Waals surface area contributed by atoms with Crippen molar-refractivity contribution in [1.82, 2.24) is 4.98 Å². The molecule has 0 bridgehead atoms. The van der Waals surface area contributed by atoms with Crippen LogP contribution < -0.4 is 0 Å². The molecule has 0 unspecified atom stereocenters. The maximum atomic E-state index is 12.1. The minimum absolute atomic E-state index is 0.117. The van der Waals surface area contributed by atoms with Gasteiger partial charge in [-0.25, -0.2) is 0 Å². The highest BCUT2D eigenvalue weighted by molar-refractivity contribution is 9.10. The van der Waals surface area contributed by atoms with E-state index in [4.69, 9.17) is 0 Å². The summed E-state index contributed by atoms with van der Waals surface area (Å²) in [4.78, 5) is 16.1. The summed E-state index contributed by atoms with van der Waals surface area (Å²) in [6.07, 6.45) is 3.81. The highest BCUT2D eigenvalue weighted by Gasteiger charge is 2.11. The Labute approximate surface area is 109 Å². The summed E-state index contributed by atoms with van der Waals surface area (Å²) in [5.41, 5.74) is 2.80. The molecule has 1 heterocycles. The predicted octanol–water partition coefficient (Wildman–Crippen LogP) is 3.58. The van der Waals surface area contributed by atoms with Crippen LogP contribution in [0.2, 0.25) is 0 Å². The third-order valence-corrected chi connectivity index (χ3v) is 3.66. The number of aryl methyl sites for hydroxylation is 1. The minimum Gasteiger partial charge on any atom is -0.294 e. The van der Waals surface area contributed by atoms with E-state index in [-0.39, 0.29) is 5.78 Å². The van der Waals surface area contributed by atoms with Crippen molar-refractivity contribution in [2.75, 3.05) is 0 Å². The number of carbonyl (C=O) groups excluding carboxylic acids is 1. The van der Waals surface area contributed by atoms with Crippen molar-refractivity contribution in [3.05, 3.63) is 63.9 Å². The van der Waals surface area contributed by atoms with Crippen molar-refractivity contribution in [1.29, 1.82) is 0 Å². The fraction of sp³-hybridized carbons (Fsp3) is 0.143. The average molecular weight is 290 g/mol. The number of carbonyl (C=O) groups is 1. The summed E-state index contributed by atoms with van der Waals surface area (Å²) in [7, 11) is 0. The molecule has 2 aromatic rings. The van der Waals surface area contributed by atoms with Gasteiger partial charge in [-0.05, 0) is 46.1 Å². The zero-order chi connectivity index (χ0) is 12.3. The van der Waals surface area contributed by atoms with Crippen LogP contribution in [0.5, 0.6) is 0 Å². The Balaban J connectivity index is 2.24. The van der Waals surface area contributed by atoms with Crippen molar-refractivity contribution in [2.45, 2.75) is 13.3 Å². The topological polar surface area (TPSA) is 30.0 Å². The molecule has 3 heteroatoms. The molecule has 2 rings (SSSR count). The third kappa shape index (κ3) is 2.80. The second-order valence-corrected chi connectivity index (χ2v) is 4.68. The Morgan fingerprint density at radius 3 is 2.65 bits per heavy atom. The molecule has 86 valence electrons. The van der Waals surface area contributed by atoms with Gasteiger partial charge >= 0.3 is 0 Å². The van der Waals surface area contributed by atoms with Gasteiger partial charge in [0.2, 0.25) is 0 Å². The van der Waals surface area contributed by atoms with Crippen LogP contribution in [-0.4, -0.2) is 10.8 Å². The lowest BCUT2D eigenvalue weighted by molar-refractivity contribution is 0.0992. The number of benzene rings is 1. The molecule has 1 aromatic carbocycles. The van der Waals surface area contributed by atoms with Crippen LogP contribution in [0.4, 0.5) is 0 Å². The minimum atomic E-state index is 0.117. The second kappa shape index (κ2) is 5.23. The first-order valence-electron chi connectivity index (χ1n) is 5.35. The fourth-order valence-electron chi connectivity index (χ4n) is 1.64. The van der Waals surface area contributed by atoms with Crippen molar-refractivity contribution >= 4 is 21.7 Å². The molecule has 0 spiro atoms. The third-order valence-electron chi connectivity index (χ3n) is 2.61. The van der Waals surface area contributed by atoms with E-state index in [1.807, 2.05) is 37.3 Å². The molecule has 1 aromatic heterocycles. The van der Waals surface area contributed by atoms with Gasteiger partial charge in [0.25, 0.3) is 0 Å². The van der Waals surface area contributed by atoms with E-state index in [0.29, 0.717) is 6.42 Å². The van der Waals surface area contributed by atoms with Gasteiger partial charge < -0.3 is 0 Å². The summed E-state index contributed by atoms with van der Waals surface area (Å²) >= 11 is 3.46. The molecule has 0 amide bonds. The smallest absolute Gasteiger partial charge is 0.168 e. The summed E-state index contributed by atoms with van der Waals surface area (Å²) in [5.74, 6) is 0.117. The Bertz CT molecular complexity index is 537. The maximum absolute atomic E-state index is 12.1. The lowest BCUT2D eigenvalue weighted by Crippen LogP contribution is -2.05. The first-order chi connectivity index (χ1) is 8.18. The number of hydrogen-bond donors (Lipinski definition) is 0. The van der Waals surface area contributed by atoms with E-state index in [2.05, 4.69) is 20.9 Å². The summed E-state index contributed by atoms with van der Waals surface area (Å²) in [6, 6.07) is 9.46. The van der Waals surface area contributed by atoms with Gasteiger partial charge in [-0.3, -0.25) is 9.78 Å². The number of pyridine rings is 1. The molecule has 0 saturated heterocycles. The van der Waals surface area contributed by atoms with Gasteiger partial charge in [0, 0.05) is 28.9 Å². The van der Waals surface area contributed by atoms with Crippen LogP contribution >= 0.6 is 15.9 Å². The van der Waals surface area contributed by atoms with Crippen LogP contribution in [0.25, 0.3) is 0 Å². The molecule has 0 aliphatic heterocycles. The number of hydrogen-bond acceptors (Lipinski definition) is 2. The number of Topliss-reactive ketones (excluding diaryl/α,β-unsaturated/α-hetero) is 1. The summed E-state index contributed by atoms with van der Waals surface area (Å²) < 4.78 is 0.888. The Morgan fingerprint density at radius 2 is 1.94 bits per heavy atom. The number of halogens is 1. The zero-order valence-corrected chi connectivity index (χ0v) is 11.1. The molecule has 0 N–H and O–H groups in total. The second-order valence-electron chi connectivity index (χ2n) is 3.89. The molecule has 2 nitrogen and oxygen atoms in total. The highest BCUT2D eigenvalue weighted by Crippen LogP contribution is 2.22. The maximum Gasteiger partial charge on any atom is 0.168 e. The monoisotopic (exact) mass is 289 g/mol. The highest BCUT2D eigenvalue weighted by atomic mass is 79.9. The molecule has 0 saturated carbocycles. The number of aromatic nitrogens is 1. The van der Waals surface area contributed by atoms with Crippen molar-refractivity contribution in [3.63, 3.8) is 0 Å². The normalized spacial score (nSPS) is 10.2. The molecule has 0 aliphatic carbocycles. The molecule has 0 aliphatic rings.